The van der Waals surface area contributed by atoms with E-state index in [1.54, 1.807) is 0 Å². The van der Waals surface area contributed by atoms with Crippen molar-refractivity contribution in [1.29, 1.82) is 0 Å². The fourth-order valence-corrected chi connectivity index (χ4v) is 3.43. The van der Waals surface area contributed by atoms with Crippen LogP contribution in [0.3, 0.4) is 0 Å². The molecule has 0 heterocycles. The summed E-state index contributed by atoms with van der Waals surface area (Å²) in [6.45, 7) is -1.50. The lowest BCUT2D eigenvalue weighted by atomic mass is 9.89. The number of alkyl halides is 19. The summed E-state index contributed by atoms with van der Waals surface area (Å²) in [6.07, 6.45) is -8.54. The van der Waals surface area contributed by atoms with Crippen LogP contribution in [0, 0.1) is 0 Å². The molecule has 0 aromatic rings. The van der Waals surface area contributed by atoms with Crippen LogP contribution in [0.2, 0.25) is 0 Å². The zero-order chi connectivity index (χ0) is 32.3. The van der Waals surface area contributed by atoms with Crippen LogP contribution >= 0.6 is 0 Å². The van der Waals surface area contributed by atoms with Gasteiger partial charge in [0.2, 0.25) is 0 Å². The van der Waals surface area contributed by atoms with Crippen LogP contribution in [0.1, 0.15) is 6.42 Å². The molecular formula is C15H16F19N2O2S+. The van der Waals surface area contributed by atoms with Gasteiger partial charge in [0.15, 0.2) is 0 Å². The first-order chi connectivity index (χ1) is 16.5. The van der Waals surface area contributed by atoms with Gasteiger partial charge in [-0.15, -0.1) is 0 Å². The van der Waals surface area contributed by atoms with Crippen molar-refractivity contribution in [3.05, 3.63) is 0 Å². The lowest BCUT2D eigenvalue weighted by Crippen LogP contribution is -2.76. The third-order valence-electron chi connectivity index (χ3n) is 4.72. The fourth-order valence-electron chi connectivity index (χ4n) is 2.37. The average Bonchev–Trinajstić information content (AvgIpc) is 2.68. The van der Waals surface area contributed by atoms with Crippen molar-refractivity contribution in [3.8, 4) is 0 Å². The number of halogens is 19. The smallest absolute Gasteiger partial charge is 0.331 e. The standard InChI is InChI=1S/C15H16F19N2O2S/c1-36(2,3)6-4-5-35-39(37,38)15(33,34)13(28,29)11(24,25)9(20,21)7(16,17)8(18,19)10(22,23)12(26,27)14(30,31)32/h35H,4-6H2,1-3H3/q+1. The first kappa shape index (κ1) is 37.5. The van der Waals surface area contributed by atoms with Crippen LogP contribution in [0.4, 0.5) is 83.4 Å². The normalized spacial score (nSPS) is 16.6. The number of hydrogen-bond acceptors (Lipinski definition) is 2. The van der Waals surface area contributed by atoms with E-state index < -0.39 is 75.9 Å². The van der Waals surface area contributed by atoms with E-state index >= 15 is 0 Å². The van der Waals surface area contributed by atoms with Gasteiger partial charge in [0.05, 0.1) is 27.7 Å². The molecule has 0 rings (SSSR count). The zero-order valence-electron chi connectivity index (χ0n) is 19.0. The predicted molar refractivity (Wildman–Crippen MR) is 90.1 cm³/mol. The van der Waals surface area contributed by atoms with Crippen LogP contribution in [0.5, 0.6) is 0 Å². The van der Waals surface area contributed by atoms with E-state index in [-0.39, 0.29) is 11.0 Å². The van der Waals surface area contributed by atoms with Gasteiger partial charge in [-0.05, 0) is 0 Å². The molecule has 0 spiro atoms. The Morgan fingerprint density at radius 1 is 0.513 bits per heavy atom. The second kappa shape index (κ2) is 9.82. The van der Waals surface area contributed by atoms with Crippen molar-refractivity contribution in [1.82, 2.24) is 4.72 Å². The number of hydrogen-bond donors (Lipinski definition) is 1. The first-order valence-corrected chi connectivity index (χ1v) is 10.8. The van der Waals surface area contributed by atoms with E-state index in [0.29, 0.717) is 4.72 Å². The molecule has 0 radical (unpaired) electrons. The van der Waals surface area contributed by atoms with Crippen molar-refractivity contribution >= 4 is 10.0 Å². The molecule has 4 nitrogen and oxygen atoms in total. The molecule has 0 aliphatic heterocycles. The predicted octanol–water partition coefficient (Wildman–Crippen LogP) is 5.60. The summed E-state index contributed by atoms with van der Waals surface area (Å²) >= 11 is 0. The summed E-state index contributed by atoms with van der Waals surface area (Å²) < 4.78 is 275. The number of quaternary nitrogens is 1. The summed E-state index contributed by atoms with van der Waals surface area (Å²) in [6, 6.07) is 0. The summed E-state index contributed by atoms with van der Waals surface area (Å²) in [7, 11) is -3.16. The first-order valence-electron chi connectivity index (χ1n) is 9.34. The van der Waals surface area contributed by atoms with E-state index in [9.17, 15) is 91.8 Å². The average molecular weight is 649 g/mol. The van der Waals surface area contributed by atoms with E-state index in [0.717, 1.165) is 0 Å². The van der Waals surface area contributed by atoms with E-state index in [1.807, 2.05) is 0 Å². The van der Waals surface area contributed by atoms with Gasteiger partial charge in [-0.25, -0.2) is 13.1 Å². The van der Waals surface area contributed by atoms with E-state index in [2.05, 4.69) is 0 Å². The number of rotatable bonds is 13. The Kier molecular flexibility index (Phi) is 9.46. The molecule has 0 aliphatic carbocycles. The second-order valence-corrected chi connectivity index (χ2v) is 10.6. The zero-order valence-corrected chi connectivity index (χ0v) is 19.8. The molecule has 0 bridgehead atoms. The molecule has 0 unspecified atom stereocenters. The Labute approximate surface area is 205 Å². The maximum Gasteiger partial charge on any atom is 0.460 e. The minimum atomic E-state index is -9.11. The molecule has 0 atom stereocenters. The lowest BCUT2D eigenvalue weighted by Gasteiger charge is -2.43. The fraction of sp³-hybridized carbons (Fsp3) is 1.00. The molecule has 236 valence electrons. The third kappa shape index (κ3) is 5.56. The van der Waals surface area contributed by atoms with E-state index in [4.69, 9.17) is 0 Å². The summed E-state index contributed by atoms with van der Waals surface area (Å²) in [4.78, 5) is 0. The van der Waals surface area contributed by atoms with Crippen molar-refractivity contribution in [2.45, 2.75) is 59.3 Å². The molecule has 0 fully saturated rings. The molecule has 0 aromatic heterocycles. The quantitative estimate of drug-likeness (QED) is 0.161. The van der Waals surface area contributed by atoms with Crippen molar-refractivity contribution in [2.75, 3.05) is 34.2 Å². The number of nitrogens with one attached hydrogen (secondary N) is 1. The van der Waals surface area contributed by atoms with Crippen LogP contribution in [-0.4, -0.2) is 100 Å². The molecule has 39 heavy (non-hydrogen) atoms. The van der Waals surface area contributed by atoms with Crippen LogP contribution in [0.25, 0.3) is 0 Å². The largest absolute Gasteiger partial charge is 0.460 e. The summed E-state index contributed by atoms with van der Waals surface area (Å²) in [5, 5.41) is -7.65. The maximum absolute atomic E-state index is 13.9. The Bertz CT molecular complexity index is 982. The molecular weight excluding hydrogens is 633 g/mol. The third-order valence-corrected chi connectivity index (χ3v) is 6.24. The summed E-state index contributed by atoms with van der Waals surface area (Å²) in [5.41, 5.74) is 0. The van der Waals surface area contributed by atoms with Gasteiger partial charge < -0.3 is 4.48 Å². The number of nitrogens with zero attached hydrogens (tertiary/aromatic N) is 1. The molecule has 0 saturated carbocycles. The van der Waals surface area contributed by atoms with Crippen LogP contribution < -0.4 is 4.72 Å². The van der Waals surface area contributed by atoms with Crippen molar-refractivity contribution in [3.63, 3.8) is 0 Å². The van der Waals surface area contributed by atoms with Gasteiger partial charge in [0, 0.05) is 13.0 Å². The topological polar surface area (TPSA) is 46.2 Å². The Morgan fingerprint density at radius 3 is 1.08 bits per heavy atom. The summed E-state index contributed by atoms with van der Waals surface area (Å²) in [5.74, 6) is -61.7. The molecule has 1 N–H and O–H groups in total. The molecule has 0 amide bonds. The van der Waals surface area contributed by atoms with Gasteiger partial charge in [0.1, 0.15) is 0 Å². The highest BCUT2D eigenvalue weighted by molar-refractivity contribution is 7.90. The van der Waals surface area contributed by atoms with Crippen LogP contribution in [-0.2, 0) is 10.0 Å². The molecule has 0 aliphatic rings. The maximum atomic E-state index is 13.9. The van der Waals surface area contributed by atoms with E-state index in [1.165, 1.54) is 21.1 Å². The van der Waals surface area contributed by atoms with Gasteiger partial charge in [-0.1, -0.05) is 0 Å². The van der Waals surface area contributed by atoms with Gasteiger partial charge in [0.25, 0.3) is 10.0 Å². The molecule has 0 aromatic carbocycles. The highest BCUT2D eigenvalue weighted by Gasteiger charge is 2.97. The molecule has 24 heteroatoms. The minimum Gasteiger partial charge on any atom is -0.331 e. The van der Waals surface area contributed by atoms with Crippen molar-refractivity contribution in [2.24, 2.45) is 0 Å². The Balaban J connectivity index is 6.75. The van der Waals surface area contributed by atoms with Gasteiger partial charge in [-0.3, -0.25) is 0 Å². The van der Waals surface area contributed by atoms with Crippen LogP contribution in [0.15, 0.2) is 0 Å². The molecule has 0 saturated heterocycles. The Hall–Kier alpha value is -1.46. The van der Waals surface area contributed by atoms with Crippen molar-refractivity contribution < 1.29 is 96.3 Å². The van der Waals surface area contributed by atoms with Gasteiger partial charge in [-0.2, -0.15) is 83.4 Å². The highest BCUT2D eigenvalue weighted by Crippen LogP contribution is 2.65. The monoisotopic (exact) mass is 649 g/mol. The highest BCUT2D eigenvalue weighted by atomic mass is 32.2. The Morgan fingerprint density at radius 2 is 0.795 bits per heavy atom. The van der Waals surface area contributed by atoms with Gasteiger partial charge >= 0.3 is 52.9 Å². The second-order valence-electron chi connectivity index (χ2n) is 8.80. The SMILES string of the molecule is C[N+](C)(C)CCCNS(=O)(=O)C(F)(F)C(F)(F)C(F)(F)C(F)(F)C(F)(F)C(F)(F)C(F)(F)C(F)(F)C(F)(F)F. The number of sulfonamides is 1. The lowest BCUT2D eigenvalue weighted by molar-refractivity contribution is -0.870. The minimum absolute atomic E-state index is 0.0696.